The SMILES string of the molecule is COCC(=O)NCc1cccc(Oc2ccccn2)c1. The van der Waals surface area contributed by atoms with Crippen LogP contribution in [0.5, 0.6) is 11.6 Å². The lowest BCUT2D eigenvalue weighted by Crippen LogP contribution is -2.26. The summed E-state index contributed by atoms with van der Waals surface area (Å²) in [5, 5.41) is 2.76. The summed E-state index contributed by atoms with van der Waals surface area (Å²) in [5.74, 6) is 1.07. The number of ether oxygens (including phenoxy) is 2. The minimum Gasteiger partial charge on any atom is -0.439 e. The number of nitrogens with zero attached hydrogens (tertiary/aromatic N) is 1. The van der Waals surface area contributed by atoms with Gasteiger partial charge in [-0.1, -0.05) is 18.2 Å². The molecule has 1 N–H and O–H groups in total. The van der Waals surface area contributed by atoms with E-state index in [9.17, 15) is 4.79 Å². The van der Waals surface area contributed by atoms with Crippen LogP contribution in [0.2, 0.25) is 0 Å². The van der Waals surface area contributed by atoms with Crippen LogP contribution in [-0.2, 0) is 16.1 Å². The van der Waals surface area contributed by atoms with Crippen molar-refractivity contribution >= 4 is 5.91 Å². The highest BCUT2D eigenvalue weighted by atomic mass is 16.5. The number of pyridine rings is 1. The maximum Gasteiger partial charge on any atom is 0.246 e. The lowest BCUT2D eigenvalue weighted by Gasteiger charge is -2.08. The smallest absolute Gasteiger partial charge is 0.246 e. The molecule has 0 aliphatic carbocycles. The van der Waals surface area contributed by atoms with E-state index in [1.807, 2.05) is 36.4 Å². The Morgan fingerprint density at radius 3 is 2.90 bits per heavy atom. The second-order valence-electron chi connectivity index (χ2n) is 4.13. The summed E-state index contributed by atoms with van der Waals surface area (Å²) in [4.78, 5) is 15.4. The predicted molar refractivity (Wildman–Crippen MR) is 74.5 cm³/mol. The van der Waals surface area contributed by atoms with E-state index < -0.39 is 0 Å². The first-order valence-electron chi connectivity index (χ1n) is 6.21. The first-order chi connectivity index (χ1) is 9.78. The molecule has 0 fully saturated rings. The van der Waals surface area contributed by atoms with Gasteiger partial charge in [0.15, 0.2) is 0 Å². The number of benzene rings is 1. The molecule has 0 aliphatic rings. The van der Waals surface area contributed by atoms with E-state index in [2.05, 4.69) is 10.3 Å². The van der Waals surface area contributed by atoms with Gasteiger partial charge in [0.1, 0.15) is 12.4 Å². The maximum atomic E-state index is 11.3. The first-order valence-corrected chi connectivity index (χ1v) is 6.21. The largest absolute Gasteiger partial charge is 0.439 e. The molecule has 0 spiro atoms. The van der Waals surface area contributed by atoms with E-state index in [1.165, 1.54) is 7.11 Å². The number of carbonyl (C=O) groups excluding carboxylic acids is 1. The van der Waals surface area contributed by atoms with Crippen LogP contribution in [0.3, 0.4) is 0 Å². The van der Waals surface area contributed by atoms with Crippen molar-refractivity contribution in [3.05, 3.63) is 54.2 Å². The van der Waals surface area contributed by atoms with E-state index in [4.69, 9.17) is 9.47 Å². The van der Waals surface area contributed by atoms with Gasteiger partial charge in [0.2, 0.25) is 11.8 Å². The highest BCUT2D eigenvalue weighted by Gasteiger charge is 2.02. The van der Waals surface area contributed by atoms with Gasteiger partial charge in [-0.05, 0) is 23.8 Å². The van der Waals surface area contributed by atoms with Crippen molar-refractivity contribution < 1.29 is 14.3 Å². The second-order valence-corrected chi connectivity index (χ2v) is 4.13. The number of hydrogen-bond acceptors (Lipinski definition) is 4. The molecule has 1 heterocycles. The van der Waals surface area contributed by atoms with E-state index in [0.717, 1.165) is 5.56 Å². The Hall–Kier alpha value is -2.40. The molecule has 0 saturated heterocycles. The Balaban J connectivity index is 1.96. The molecule has 1 amide bonds. The molecule has 0 aliphatic heterocycles. The van der Waals surface area contributed by atoms with Gasteiger partial charge >= 0.3 is 0 Å². The second kappa shape index (κ2) is 7.25. The molecule has 1 aromatic heterocycles. The van der Waals surface area contributed by atoms with Gasteiger partial charge in [0, 0.05) is 25.9 Å². The average molecular weight is 272 g/mol. The number of aromatic nitrogens is 1. The van der Waals surface area contributed by atoms with Gasteiger partial charge in [-0.3, -0.25) is 4.79 Å². The van der Waals surface area contributed by atoms with Gasteiger partial charge in [0.05, 0.1) is 0 Å². The molecule has 20 heavy (non-hydrogen) atoms. The molecule has 0 unspecified atom stereocenters. The monoisotopic (exact) mass is 272 g/mol. The van der Waals surface area contributed by atoms with Gasteiger partial charge in [-0.15, -0.1) is 0 Å². The summed E-state index contributed by atoms with van der Waals surface area (Å²) < 4.78 is 10.4. The van der Waals surface area contributed by atoms with Crippen LogP contribution in [0.15, 0.2) is 48.7 Å². The number of methoxy groups -OCH3 is 1. The molecule has 0 atom stereocenters. The topological polar surface area (TPSA) is 60.5 Å². The third-order valence-electron chi connectivity index (χ3n) is 2.52. The summed E-state index contributed by atoms with van der Waals surface area (Å²) in [6, 6.07) is 13.0. The van der Waals surface area contributed by atoms with Crippen molar-refractivity contribution in [1.29, 1.82) is 0 Å². The van der Waals surface area contributed by atoms with E-state index in [-0.39, 0.29) is 12.5 Å². The third kappa shape index (κ3) is 4.37. The van der Waals surface area contributed by atoms with Crippen LogP contribution >= 0.6 is 0 Å². The fourth-order valence-electron chi connectivity index (χ4n) is 1.63. The molecule has 5 nitrogen and oxygen atoms in total. The number of nitrogens with one attached hydrogen (secondary N) is 1. The minimum absolute atomic E-state index is 0.0596. The summed E-state index contributed by atoms with van der Waals surface area (Å²) >= 11 is 0. The normalized spacial score (nSPS) is 10.1. The summed E-state index contributed by atoms with van der Waals surface area (Å²) in [6.45, 7) is 0.492. The van der Waals surface area contributed by atoms with Crippen molar-refractivity contribution in [2.24, 2.45) is 0 Å². The van der Waals surface area contributed by atoms with Crippen LogP contribution in [0.25, 0.3) is 0 Å². The summed E-state index contributed by atoms with van der Waals surface area (Å²) in [7, 11) is 1.49. The van der Waals surface area contributed by atoms with Gasteiger partial charge in [-0.25, -0.2) is 4.98 Å². The fourth-order valence-corrected chi connectivity index (χ4v) is 1.63. The standard InChI is InChI=1S/C15H16N2O3/c1-19-11-14(18)17-10-12-5-4-6-13(9-12)20-15-7-2-3-8-16-15/h2-9H,10-11H2,1H3,(H,17,18). The van der Waals surface area contributed by atoms with Crippen molar-refractivity contribution in [2.75, 3.05) is 13.7 Å². The van der Waals surface area contributed by atoms with Crippen LogP contribution in [0.1, 0.15) is 5.56 Å². The van der Waals surface area contributed by atoms with Crippen molar-refractivity contribution in [3.63, 3.8) is 0 Å². The third-order valence-corrected chi connectivity index (χ3v) is 2.52. The molecule has 0 saturated carbocycles. The summed E-state index contributed by atoms with van der Waals surface area (Å²) in [5.41, 5.74) is 0.947. The first kappa shape index (κ1) is 14.0. The Morgan fingerprint density at radius 2 is 2.15 bits per heavy atom. The van der Waals surface area contributed by atoms with E-state index >= 15 is 0 Å². The molecule has 1 aromatic carbocycles. The Labute approximate surface area is 117 Å². The number of amides is 1. The molecule has 2 rings (SSSR count). The molecular weight excluding hydrogens is 256 g/mol. The van der Waals surface area contributed by atoms with Crippen LogP contribution in [0, 0.1) is 0 Å². The van der Waals surface area contributed by atoms with E-state index in [0.29, 0.717) is 18.2 Å². The molecule has 104 valence electrons. The van der Waals surface area contributed by atoms with Crippen LogP contribution < -0.4 is 10.1 Å². The highest BCUT2D eigenvalue weighted by molar-refractivity contribution is 5.77. The Kier molecular flexibility index (Phi) is 5.08. The molecule has 0 radical (unpaired) electrons. The zero-order chi connectivity index (χ0) is 14.2. The number of carbonyl (C=O) groups is 1. The van der Waals surface area contributed by atoms with Crippen LogP contribution in [-0.4, -0.2) is 24.6 Å². The lowest BCUT2D eigenvalue weighted by molar-refractivity contribution is -0.124. The number of rotatable bonds is 6. The molecule has 2 aromatic rings. The van der Waals surface area contributed by atoms with Crippen molar-refractivity contribution in [3.8, 4) is 11.6 Å². The maximum absolute atomic E-state index is 11.3. The highest BCUT2D eigenvalue weighted by Crippen LogP contribution is 2.19. The zero-order valence-electron chi connectivity index (χ0n) is 11.2. The molecular formula is C15H16N2O3. The molecule has 0 bridgehead atoms. The Morgan fingerprint density at radius 1 is 1.25 bits per heavy atom. The van der Waals surface area contributed by atoms with Gasteiger partial charge < -0.3 is 14.8 Å². The van der Waals surface area contributed by atoms with Crippen LogP contribution in [0.4, 0.5) is 0 Å². The quantitative estimate of drug-likeness (QED) is 0.875. The fraction of sp³-hybridized carbons (Fsp3) is 0.200. The predicted octanol–water partition coefficient (Wildman–Crippen LogP) is 2.14. The average Bonchev–Trinajstić information content (AvgIpc) is 2.47. The van der Waals surface area contributed by atoms with Crippen molar-refractivity contribution in [1.82, 2.24) is 10.3 Å². The Bertz CT molecular complexity index is 558. The van der Waals surface area contributed by atoms with Gasteiger partial charge in [0.25, 0.3) is 0 Å². The minimum atomic E-state index is -0.149. The van der Waals surface area contributed by atoms with Crippen molar-refractivity contribution in [2.45, 2.75) is 6.54 Å². The summed E-state index contributed by atoms with van der Waals surface area (Å²) in [6.07, 6.45) is 1.67. The number of hydrogen-bond donors (Lipinski definition) is 1. The van der Waals surface area contributed by atoms with Gasteiger partial charge in [-0.2, -0.15) is 0 Å². The van der Waals surface area contributed by atoms with E-state index in [1.54, 1.807) is 12.3 Å². The lowest BCUT2D eigenvalue weighted by atomic mass is 10.2. The zero-order valence-corrected chi connectivity index (χ0v) is 11.2. The molecule has 5 heteroatoms.